The third-order valence-corrected chi connectivity index (χ3v) is 5.15. The summed E-state index contributed by atoms with van der Waals surface area (Å²) in [5.74, 6) is 1.27. The second-order valence-corrected chi connectivity index (χ2v) is 7.37. The minimum absolute atomic E-state index is 0.0950. The van der Waals surface area contributed by atoms with E-state index in [9.17, 15) is 9.90 Å². The van der Waals surface area contributed by atoms with Crippen LogP contribution in [-0.2, 0) is 16.0 Å². The van der Waals surface area contributed by atoms with Gasteiger partial charge in [0.2, 0.25) is 5.91 Å². The maximum atomic E-state index is 12.6. The third-order valence-electron chi connectivity index (χ3n) is 4.97. The summed E-state index contributed by atoms with van der Waals surface area (Å²) in [7, 11) is 0. The predicted octanol–water partition coefficient (Wildman–Crippen LogP) is 1.05. The van der Waals surface area contributed by atoms with E-state index in [-0.39, 0.29) is 18.4 Å². The number of likely N-dealkylation sites (tertiary alicyclic amines) is 1. The Kier molecular flexibility index (Phi) is 6.70. The van der Waals surface area contributed by atoms with Gasteiger partial charge < -0.3 is 19.3 Å². The molecule has 0 radical (unpaired) electrons. The van der Waals surface area contributed by atoms with Gasteiger partial charge in [-0.15, -0.1) is 0 Å². The van der Waals surface area contributed by atoms with E-state index in [4.69, 9.17) is 20.9 Å². The topological polar surface area (TPSA) is 79.0 Å². The highest BCUT2D eigenvalue weighted by Crippen LogP contribution is 2.24. The number of morpholine rings is 1. The lowest BCUT2D eigenvalue weighted by atomic mass is 9.89. The fourth-order valence-electron chi connectivity index (χ4n) is 3.73. The molecule has 0 aliphatic carbocycles. The smallest absolute Gasteiger partial charge is 0.223 e. The van der Waals surface area contributed by atoms with Crippen molar-refractivity contribution in [3.63, 3.8) is 0 Å². The van der Waals surface area contributed by atoms with Gasteiger partial charge in [-0.05, 0) is 18.3 Å². The molecule has 0 aromatic carbocycles. The molecule has 0 spiro atoms. The minimum atomic E-state index is 0.0950. The number of nitrogens with zero attached hydrogens (tertiary/aromatic N) is 3. The van der Waals surface area contributed by atoms with E-state index in [1.165, 1.54) is 0 Å². The molecule has 7 nitrogen and oxygen atoms in total. The number of piperidine rings is 1. The molecule has 3 rings (SSSR count). The van der Waals surface area contributed by atoms with Crippen LogP contribution in [0.5, 0.6) is 0 Å². The van der Waals surface area contributed by atoms with Crippen molar-refractivity contribution >= 4 is 17.5 Å². The van der Waals surface area contributed by atoms with Gasteiger partial charge in [0.25, 0.3) is 0 Å². The quantitative estimate of drug-likeness (QED) is 0.805. The largest absolute Gasteiger partial charge is 0.396 e. The Labute approximate surface area is 152 Å². The van der Waals surface area contributed by atoms with Crippen LogP contribution in [0.25, 0.3) is 0 Å². The number of aromatic nitrogens is 1. The molecule has 2 aliphatic rings. The first-order valence-corrected chi connectivity index (χ1v) is 9.31. The Bertz CT molecular complexity index is 562. The number of amides is 1. The van der Waals surface area contributed by atoms with Crippen molar-refractivity contribution in [1.82, 2.24) is 15.0 Å². The number of aryl methyl sites for hydroxylation is 1. The Balaban J connectivity index is 1.52. The highest BCUT2D eigenvalue weighted by molar-refractivity contribution is 6.29. The number of rotatable bonds is 6. The van der Waals surface area contributed by atoms with Gasteiger partial charge in [0.15, 0.2) is 5.15 Å². The summed E-state index contributed by atoms with van der Waals surface area (Å²) in [4.78, 5) is 16.9. The average molecular weight is 372 g/mol. The van der Waals surface area contributed by atoms with E-state index in [1.54, 1.807) is 6.07 Å². The maximum absolute atomic E-state index is 12.6. The number of carbonyl (C=O) groups is 1. The standard InChI is InChI=1S/C17H26ClN3O4/c18-16-8-15(25-19-16)1-2-17(23)21-10-13(7-14(11-21)12-22)9-20-3-5-24-6-4-20/h8,13-14,22H,1-7,9-12H2. The molecule has 8 heteroatoms. The van der Waals surface area contributed by atoms with Gasteiger partial charge in [-0.2, -0.15) is 0 Å². The molecule has 1 amide bonds. The van der Waals surface area contributed by atoms with E-state index in [0.717, 1.165) is 45.8 Å². The molecule has 2 unspecified atom stereocenters. The van der Waals surface area contributed by atoms with Crippen LogP contribution >= 0.6 is 11.6 Å². The van der Waals surface area contributed by atoms with E-state index in [1.807, 2.05) is 4.90 Å². The van der Waals surface area contributed by atoms with Gasteiger partial charge >= 0.3 is 0 Å². The molecule has 2 fully saturated rings. The fourth-order valence-corrected chi connectivity index (χ4v) is 3.89. The predicted molar refractivity (Wildman–Crippen MR) is 92.4 cm³/mol. The highest BCUT2D eigenvalue weighted by atomic mass is 35.5. The van der Waals surface area contributed by atoms with E-state index in [0.29, 0.717) is 36.2 Å². The molecule has 1 N–H and O–H groups in total. The van der Waals surface area contributed by atoms with Crippen molar-refractivity contribution in [3.8, 4) is 0 Å². The Hall–Kier alpha value is -1.15. The molecule has 3 heterocycles. The van der Waals surface area contributed by atoms with Gasteiger partial charge in [-0.25, -0.2) is 0 Å². The number of aliphatic hydroxyl groups excluding tert-OH is 1. The Morgan fingerprint density at radius 2 is 2.08 bits per heavy atom. The fraction of sp³-hybridized carbons (Fsp3) is 0.765. The number of aliphatic hydroxyl groups is 1. The monoisotopic (exact) mass is 371 g/mol. The lowest BCUT2D eigenvalue weighted by Crippen LogP contribution is -2.49. The zero-order valence-electron chi connectivity index (χ0n) is 14.4. The summed E-state index contributed by atoms with van der Waals surface area (Å²) in [6, 6.07) is 1.64. The number of ether oxygens (including phenoxy) is 1. The number of hydrogen-bond acceptors (Lipinski definition) is 6. The van der Waals surface area contributed by atoms with Crippen LogP contribution in [0.1, 0.15) is 18.6 Å². The molecule has 0 saturated carbocycles. The average Bonchev–Trinajstić information content (AvgIpc) is 3.05. The van der Waals surface area contributed by atoms with Gasteiger partial charge in [0.1, 0.15) is 5.76 Å². The molecule has 25 heavy (non-hydrogen) atoms. The van der Waals surface area contributed by atoms with Crippen LogP contribution in [0.4, 0.5) is 0 Å². The molecule has 1 aromatic rings. The Morgan fingerprint density at radius 1 is 1.32 bits per heavy atom. The second kappa shape index (κ2) is 8.98. The zero-order chi connectivity index (χ0) is 17.6. The van der Waals surface area contributed by atoms with Crippen LogP contribution in [-0.4, -0.2) is 78.5 Å². The first-order valence-electron chi connectivity index (χ1n) is 8.94. The summed E-state index contributed by atoms with van der Waals surface area (Å²) >= 11 is 5.73. The van der Waals surface area contributed by atoms with Crippen LogP contribution < -0.4 is 0 Å². The first kappa shape index (κ1) is 18.6. The number of hydrogen-bond donors (Lipinski definition) is 1. The van der Waals surface area contributed by atoms with Crippen molar-refractivity contribution in [2.24, 2.45) is 11.8 Å². The summed E-state index contributed by atoms with van der Waals surface area (Å²) in [5.41, 5.74) is 0. The van der Waals surface area contributed by atoms with Crippen LogP contribution in [0.15, 0.2) is 10.6 Å². The van der Waals surface area contributed by atoms with Crippen molar-refractivity contribution < 1.29 is 19.2 Å². The SMILES string of the molecule is O=C(CCc1cc(Cl)no1)N1CC(CO)CC(CN2CCOCC2)C1. The van der Waals surface area contributed by atoms with Crippen molar-refractivity contribution in [2.45, 2.75) is 19.3 Å². The van der Waals surface area contributed by atoms with Crippen molar-refractivity contribution in [1.29, 1.82) is 0 Å². The van der Waals surface area contributed by atoms with Gasteiger partial charge in [0, 0.05) is 58.2 Å². The molecular weight excluding hydrogens is 346 g/mol. The van der Waals surface area contributed by atoms with Crippen LogP contribution in [0.3, 0.4) is 0 Å². The van der Waals surface area contributed by atoms with Crippen LogP contribution in [0, 0.1) is 11.8 Å². The summed E-state index contributed by atoms with van der Waals surface area (Å²) in [5, 5.41) is 13.6. The molecule has 140 valence electrons. The minimum Gasteiger partial charge on any atom is -0.396 e. The zero-order valence-corrected chi connectivity index (χ0v) is 15.2. The van der Waals surface area contributed by atoms with Gasteiger partial charge in [-0.3, -0.25) is 9.69 Å². The first-order chi connectivity index (χ1) is 12.1. The van der Waals surface area contributed by atoms with Crippen molar-refractivity contribution in [3.05, 3.63) is 17.0 Å². The van der Waals surface area contributed by atoms with E-state index >= 15 is 0 Å². The molecule has 2 saturated heterocycles. The molecule has 2 aliphatic heterocycles. The normalized spacial score (nSPS) is 25.3. The molecule has 2 atom stereocenters. The third kappa shape index (κ3) is 5.41. The van der Waals surface area contributed by atoms with Crippen molar-refractivity contribution in [2.75, 3.05) is 52.5 Å². The van der Waals surface area contributed by atoms with Gasteiger partial charge in [0.05, 0.1) is 13.2 Å². The summed E-state index contributed by atoms with van der Waals surface area (Å²) in [6.07, 6.45) is 1.83. The molecule has 1 aromatic heterocycles. The Morgan fingerprint density at radius 3 is 2.76 bits per heavy atom. The van der Waals surface area contributed by atoms with E-state index in [2.05, 4.69) is 10.1 Å². The van der Waals surface area contributed by atoms with Gasteiger partial charge in [-0.1, -0.05) is 16.8 Å². The summed E-state index contributed by atoms with van der Waals surface area (Å²) < 4.78 is 10.5. The number of halogens is 1. The van der Waals surface area contributed by atoms with E-state index < -0.39 is 0 Å². The van der Waals surface area contributed by atoms with Crippen LogP contribution in [0.2, 0.25) is 5.15 Å². The lowest BCUT2D eigenvalue weighted by Gasteiger charge is -2.40. The summed E-state index contributed by atoms with van der Waals surface area (Å²) in [6.45, 7) is 5.91. The molecular formula is C17H26ClN3O4. The second-order valence-electron chi connectivity index (χ2n) is 6.98. The maximum Gasteiger partial charge on any atom is 0.223 e. The highest BCUT2D eigenvalue weighted by Gasteiger charge is 2.31. The lowest BCUT2D eigenvalue weighted by molar-refractivity contribution is -0.134. The number of carbonyl (C=O) groups excluding carboxylic acids is 1. The molecule has 0 bridgehead atoms.